The number of nitrogens with zero attached hydrogens (tertiary/aromatic N) is 4. The number of rotatable bonds is 5. The highest BCUT2D eigenvalue weighted by atomic mass is 32.2. The molecule has 0 aromatic carbocycles. The van der Waals surface area contributed by atoms with Crippen molar-refractivity contribution in [3.8, 4) is 0 Å². The van der Waals surface area contributed by atoms with E-state index in [0.717, 1.165) is 0 Å². The van der Waals surface area contributed by atoms with E-state index in [1.165, 1.54) is 15.6 Å². The van der Waals surface area contributed by atoms with Gasteiger partial charge in [-0.1, -0.05) is 12.1 Å². The van der Waals surface area contributed by atoms with Gasteiger partial charge < -0.3 is 5.32 Å². The van der Waals surface area contributed by atoms with Crippen molar-refractivity contribution in [1.82, 2.24) is 24.2 Å². The molecule has 1 N–H and O–H groups in total. The van der Waals surface area contributed by atoms with E-state index in [-0.39, 0.29) is 24.9 Å². The van der Waals surface area contributed by atoms with E-state index >= 15 is 0 Å². The van der Waals surface area contributed by atoms with Crippen LogP contribution in [0.25, 0.3) is 5.65 Å². The van der Waals surface area contributed by atoms with E-state index in [1.54, 1.807) is 17.5 Å². The lowest BCUT2D eigenvalue weighted by Gasteiger charge is -2.30. The fourth-order valence-electron chi connectivity index (χ4n) is 3.23. The second-order valence-electron chi connectivity index (χ2n) is 6.40. The van der Waals surface area contributed by atoms with Crippen LogP contribution in [0.1, 0.15) is 18.7 Å². The number of nitrogens with one attached hydrogen (secondary N) is 1. The van der Waals surface area contributed by atoms with Crippen LogP contribution in [0.2, 0.25) is 0 Å². The fourth-order valence-corrected chi connectivity index (χ4v) is 5.90. The summed E-state index contributed by atoms with van der Waals surface area (Å²) in [4.78, 5) is 12.6. The van der Waals surface area contributed by atoms with Crippen molar-refractivity contribution in [1.29, 1.82) is 0 Å². The van der Waals surface area contributed by atoms with Crippen LogP contribution >= 0.6 is 11.3 Å². The van der Waals surface area contributed by atoms with E-state index < -0.39 is 10.0 Å². The predicted molar refractivity (Wildman–Crippen MR) is 101 cm³/mol. The largest absolute Gasteiger partial charge is 0.349 e. The topological polar surface area (TPSA) is 96.7 Å². The maximum Gasteiger partial charge on any atom is 0.252 e. The van der Waals surface area contributed by atoms with Crippen molar-refractivity contribution >= 4 is 32.9 Å². The van der Waals surface area contributed by atoms with Crippen LogP contribution in [-0.2, 0) is 21.4 Å². The first-order chi connectivity index (χ1) is 13.1. The van der Waals surface area contributed by atoms with E-state index in [2.05, 4.69) is 15.5 Å². The van der Waals surface area contributed by atoms with E-state index in [0.29, 0.717) is 35.1 Å². The number of hydrogen-bond acceptors (Lipinski definition) is 6. The number of amides is 1. The molecule has 0 saturated carbocycles. The predicted octanol–water partition coefficient (Wildman–Crippen LogP) is 1.51. The average Bonchev–Trinajstić information content (AvgIpc) is 3.37. The smallest absolute Gasteiger partial charge is 0.252 e. The van der Waals surface area contributed by atoms with Crippen LogP contribution in [0, 0.1) is 5.92 Å². The molecule has 10 heteroatoms. The van der Waals surface area contributed by atoms with Crippen molar-refractivity contribution in [2.75, 3.05) is 13.1 Å². The molecule has 0 unspecified atom stereocenters. The molecule has 1 aliphatic rings. The van der Waals surface area contributed by atoms with Gasteiger partial charge in [0, 0.05) is 19.3 Å². The van der Waals surface area contributed by atoms with E-state index in [1.807, 2.05) is 28.8 Å². The third-order valence-corrected chi connectivity index (χ3v) is 7.89. The maximum atomic E-state index is 12.7. The van der Waals surface area contributed by atoms with Crippen molar-refractivity contribution < 1.29 is 13.2 Å². The minimum atomic E-state index is -3.53. The number of hydrogen-bond donors (Lipinski definition) is 1. The van der Waals surface area contributed by atoms with Gasteiger partial charge in [-0.15, -0.1) is 21.5 Å². The van der Waals surface area contributed by atoms with Gasteiger partial charge in [-0.25, -0.2) is 8.42 Å². The van der Waals surface area contributed by atoms with Gasteiger partial charge in [0.2, 0.25) is 5.91 Å². The quantitative estimate of drug-likeness (QED) is 0.694. The zero-order valence-corrected chi connectivity index (χ0v) is 16.1. The summed E-state index contributed by atoms with van der Waals surface area (Å²) in [5, 5.41) is 12.8. The summed E-state index contributed by atoms with van der Waals surface area (Å²) in [5.74, 6) is 0.110. The van der Waals surface area contributed by atoms with Crippen molar-refractivity contribution in [2.45, 2.75) is 23.6 Å². The standard InChI is InChI=1S/C17H19N5O3S2/c23-17(18-11-15-20-19-14-6-1-2-9-22(14)15)13-5-3-8-21(12-13)27(24,25)16-7-4-10-26-16/h1-2,4,6-7,9-10,13H,3,5,8,11-12H2,(H,18,23)/t13-/m1/s1. The molecule has 1 amide bonds. The number of thiophene rings is 1. The van der Waals surface area contributed by atoms with Gasteiger partial charge in [0.05, 0.1) is 12.5 Å². The van der Waals surface area contributed by atoms with Crippen LogP contribution in [0.3, 0.4) is 0 Å². The number of carbonyl (C=O) groups is 1. The summed E-state index contributed by atoms with van der Waals surface area (Å²) in [6.07, 6.45) is 3.17. The molecular formula is C17H19N5O3S2. The molecule has 142 valence electrons. The van der Waals surface area contributed by atoms with Crippen LogP contribution in [0.4, 0.5) is 0 Å². The Morgan fingerprint density at radius 1 is 1.26 bits per heavy atom. The van der Waals surface area contributed by atoms with Gasteiger partial charge >= 0.3 is 0 Å². The molecule has 0 radical (unpaired) electrons. The monoisotopic (exact) mass is 405 g/mol. The third kappa shape index (κ3) is 3.60. The SMILES string of the molecule is O=C(NCc1nnc2ccccn12)[C@@H]1CCCN(S(=O)(=O)c2cccs2)C1. The Bertz CT molecular complexity index is 1050. The molecule has 1 fully saturated rings. The minimum Gasteiger partial charge on any atom is -0.349 e. The Hall–Kier alpha value is -2.30. The molecule has 8 nitrogen and oxygen atoms in total. The Balaban J connectivity index is 1.41. The number of sulfonamides is 1. The lowest BCUT2D eigenvalue weighted by atomic mass is 9.99. The van der Waals surface area contributed by atoms with Gasteiger partial charge in [0.15, 0.2) is 11.5 Å². The lowest BCUT2D eigenvalue weighted by molar-refractivity contribution is -0.126. The highest BCUT2D eigenvalue weighted by Gasteiger charge is 2.33. The third-order valence-electron chi connectivity index (χ3n) is 4.65. The highest BCUT2D eigenvalue weighted by Crippen LogP contribution is 2.26. The second kappa shape index (κ2) is 7.37. The minimum absolute atomic E-state index is 0.159. The molecule has 1 aliphatic heterocycles. The Morgan fingerprint density at radius 3 is 2.96 bits per heavy atom. The summed E-state index contributed by atoms with van der Waals surface area (Å²) in [6, 6.07) is 8.90. The number of aromatic nitrogens is 3. The summed E-state index contributed by atoms with van der Waals surface area (Å²) in [7, 11) is -3.53. The van der Waals surface area contributed by atoms with Crippen molar-refractivity contribution in [2.24, 2.45) is 5.92 Å². The van der Waals surface area contributed by atoms with Gasteiger partial charge in [0.25, 0.3) is 10.0 Å². The zero-order chi connectivity index (χ0) is 18.9. The summed E-state index contributed by atoms with van der Waals surface area (Å²) in [6.45, 7) is 0.893. The molecule has 1 atom stereocenters. The van der Waals surface area contributed by atoms with Gasteiger partial charge in [-0.2, -0.15) is 4.31 Å². The summed E-state index contributed by atoms with van der Waals surface area (Å²) >= 11 is 1.19. The maximum absolute atomic E-state index is 12.7. The van der Waals surface area contributed by atoms with E-state index in [4.69, 9.17) is 0 Å². The Labute approximate surface area is 160 Å². The van der Waals surface area contributed by atoms with Gasteiger partial charge in [0.1, 0.15) is 4.21 Å². The average molecular weight is 406 g/mol. The molecule has 3 aromatic heterocycles. The molecule has 27 heavy (non-hydrogen) atoms. The molecule has 4 heterocycles. The number of carbonyl (C=O) groups excluding carboxylic acids is 1. The van der Waals surface area contributed by atoms with Crippen LogP contribution in [0.15, 0.2) is 46.1 Å². The molecule has 1 saturated heterocycles. The molecule has 4 rings (SSSR count). The lowest BCUT2D eigenvalue weighted by Crippen LogP contribution is -2.45. The Morgan fingerprint density at radius 2 is 2.15 bits per heavy atom. The number of pyridine rings is 1. The summed E-state index contributed by atoms with van der Waals surface area (Å²) < 4.78 is 28.9. The first-order valence-electron chi connectivity index (χ1n) is 8.66. The van der Waals surface area contributed by atoms with Crippen molar-refractivity contribution in [3.63, 3.8) is 0 Å². The van der Waals surface area contributed by atoms with Crippen molar-refractivity contribution in [3.05, 3.63) is 47.7 Å². The van der Waals surface area contributed by atoms with Gasteiger partial charge in [-0.3, -0.25) is 9.20 Å². The second-order valence-corrected chi connectivity index (χ2v) is 9.51. The Kier molecular flexibility index (Phi) is 4.94. The number of fused-ring (bicyclic) bond motifs is 1. The zero-order valence-electron chi connectivity index (χ0n) is 14.5. The molecule has 3 aromatic rings. The van der Waals surface area contributed by atoms with E-state index in [9.17, 15) is 13.2 Å². The van der Waals surface area contributed by atoms with Crippen LogP contribution in [0.5, 0.6) is 0 Å². The summed E-state index contributed by atoms with van der Waals surface area (Å²) in [5.41, 5.74) is 0.715. The fraction of sp³-hybridized carbons (Fsp3) is 0.353. The number of piperidine rings is 1. The van der Waals surface area contributed by atoms with Crippen LogP contribution < -0.4 is 5.32 Å². The molecule has 0 aliphatic carbocycles. The molecule has 0 bridgehead atoms. The highest BCUT2D eigenvalue weighted by molar-refractivity contribution is 7.91. The van der Waals surface area contributed by atoms with Gasteiger partial charge in [-0.05, 0) is 36.4 Å². The molecule has 0 spiro atoms. The first kappa shape index (κ1) is 18.1. The first-order valence-corrected chi connectivity index (χ1v) is 11.0. The molecular weight excluding hydrogens is 386 g/mol. The van der Waals surface area contributed by atoms with Crippen LogP contribution in [-0.4, -0.2) is 46.3 Å². The normalized spacial score (nSPS) is 18.6.